The Balaban J connectivity index is 2.07. The van der Waals surface area contributed by atoms with Crippen LogP contribution in [0.15, 0.2) is 17.0 Å². The number of rotatable bonds is 6. The average molecular weight is 285 g/mol. The molecule has 1 nitrogen and oxygen atoms in total. The molecule has 2 rings (SSSR count). The third kappa shape index (κ3) is 4.18. The molecule has 1 aliphatic rings. The van der Waals surface area contributed by atoms with Crippen molar-refractivity contribution in [2.75, 3.05) is 0 Å². The molecule has 1 fully saturated rings. The van der Waals surface area contributed by atoms with Crippen LogP contribution in [-0.4, -0.2) is 11.3 Å². The van der Waals surface area contributed by atoms with Crippen molar-refractivity contribution in [1.29, 1.82) is 0 Å². The molecule has 1 N–H and O–H groups in total. The second kappa shape index (κ2) is 6.23. The molecule has 0 bridgehead atoms. The SMILES string of the molecule is CC(C)C(C)Sc1c(F)cc(CNC2CC2)cc1F. The van der Waals surface area contributed by atoms with E-state index in [1.807, 2.05) is 6.92 Å². The zero-order valence-electron chi connectivity index (χ0n) is 11.7. The Labute approximate surface area is 118 Å². The quantitative estimate of drug-likeness (QED) is 0.780. The molecule has 1 aromatic carbocycles. The van der Waals surface area contributed by atoms with E-state index in [2.05, 4.69) is 19.2 Å². The molecule has 19 heavy (non-hydrogen) atoms. The lowest BCUT2D eigenvalue weighted by atomic mass is 10.2. The Hall–Kier alpha value is -0.610. The molecule has 0 radical (unpaired) electrons. The standard InChI is InChI=1S/C15H21F2NS/c1-9(2)10(3)19-15-13(16)6-11(7-14(15)17)8-18-12-4-5-12/h6-7,9-10,12,18H,4-5,8H2,1-3H3. The van der Waals surface area contributed by atoms with E-state index in [-0.39, 0.29) is 10.1 Å². The van der Waals surface area contributed by atoms with Crippen LogP contribution in [0.4, 0.5) is 8.78 Å². The molecule has 1 atom stereocenters. The van der Waals surface area contributed by atoms with E-state index in [9.17, 15) is 8.78 Å². The fourth-order valence-corrected chi connectivity index (χ4v) is 2.69. The first-order valence-corrected chi connectivity index (χ1v) is 7.73. The smallest absolute Gasteiger partial charge is 0.140 e. The molecule has 0 amide bonds. The van der Waals surface area contributed by atoms with Crippen molar-refractivity contribution in [2.24, 2.45) is 5.92 Å². The lowest BCUT2D eigenvalue weighted by Crippen LogP contribution is -2.15. The van der Waals surface area contributed by atoms with Gasteiger partial charge in [0.1, 0.15) is 11.6 Å². The third-order valence-electron chi connectivity index (χ3n) is 3.47. The van der Waals surface area contributed by atoms with Crippen LogP contribution in [0.3, 0.4) is 0 Å². The molecule has 1 saturated carbocycles. The highest BCUT2D eigenvalue weighted by Crippen LogP contribution is 2.32. The fourth-order valence-electron chi connectivity index (χ4n) is 1.70. The lowest BCUT2D eigenvalue weighted by Gasteiger charge is -2.16. The van der Waals surface area contributed by atoms with Gasteiger partial charge in [-0.2, -0.15) is 0 Å². The van der Waals surface area contributed by atoms with Gasteiger partial charge in [-0.15, -0.1) is 11.8 Å². The molecular weight excluding hydrogens is 264 g/mol. The number of benzene rings is 1. The summed E-state index contributed by atoms with van der Waals surface area (Å²) < 4.78 is 28.0. The number of hydrogen-bond donors (Lipinski definition) is 1. The Morgan fingerprint density at radius 3 is 2.26 bits per heavy atom. The van der Waals surface area contributed by atoms with E-state index in [0.717, 1.165) is 0 Å². The van der Waals surface area contributed by atoms with Gasteiger partial charge in [-0.3, -0.25) is 0 Å². The van der Waals surface area contributed by atoms with Crippen molar-refractivity contribution in [2.45, 2.75) is 56.3 Å². The second-order valence-electron chi connectivity index (χ2n) is 5.61. The number of halogens is 2. The summed E-state index contributed by atoms with van der Waals surface area (Å²) in [6, 6.07) is 3.45. The average Bonchev–Trinajstić information content (AvgIpc) is 3.14. The topological polar surface area (TPSA) is 12.0 Å². The minimum atomic E-state index is -0.440. The van der Waals surface area contributed by atoms with Gasteiger partial charge in [-0.1, -0.05) is 20.8 Å². The van der Waals surface area contributed by atoms with E-state index in [4.69, 9.17) is 0 Å². The summed E-state index contributed by atoms with van der Waals surface area (Å²) in [4.78, 5) is 0.149. The van der Waals surface area contributed by atoms with Gasteiger partial charge in [0.15, 0.2) is 0 Å². The maximum absolute atomic E-state index is 14.0. The Morgan fingerprint density at radius 2 is 1.79 bits per heavy atom. The third-order valence-corrected chi connectivity index (χ3v) is 5.01. The fraction of sp³-hybridized carbons (Fsp3) is 0.600. The highest BCUT2D eigenvalue weighted by molar-refractivity contribution is 8.00. The molecule has 4 heteroatoms. The van der Waals surface area contributed by atoms with Crippen LogP contribution in [0.5, 0.6) is 0 Å². The van der Waals surface area contributed by atoms with E-state index in [1.165, 1.54) is 36.7 Å². The normalized spacial score (nSPS) is 16.9. The summed E-state index contributed by atoms with van der Waals surface area (Å²) in [6.07, 6.45) is 2.34. The Morgan fingerprint density at radius 1 is 1.21 bits per heavy atom. The molecule has 0 aromatic heterocycles. The van der Waals surface area contributed by atoms with Gasteiger partial charge in [0.2, 0.25) is 0 Å². The van der Waals surface area contributed by atoms with Crippen molar-refractivity contribution >= 4 is 11.8 Å². The predicted molar refractivity (Wildman–Crippen MR) is 76.4 cm³/mol. The second-order valence-corrected chi connectivity index (χ2v) is 7.00. The van der Waals surface area contributed by atoms with Crippen molar-refractivity contribution in [3.8, 4) is 0 Å². The van der Waals surface area contributed by atoms with E-state index in [1.54, 1.807) is 0 Å². The minimum Gasteiger partial charge on any atom is -0.310 e. The molecule has 0 spiro atoms. The van der Waals surface area contributed by atoms with Crippen LogP contribution >= 0.6 is 11.8 Å². The minimum absolute atomic E-state index is 0.149. The van der Waals surface area contributed by atoms with Gasteiger partial charge in [-0.05, 0) is 36.5 Å². The van der Waals surface area contributed by atoms with Gasteiger partial charge in [0.05, 0.1) is 4.90 Å². The van der Waals surface area contributed by atoms with Crippen molar-refractivity contribution in [3.63, 3.8) is 0 Å². The number of thioether (sulfide) groups is 1. The molecule has 0 saturated heterocycles. The van der Waals surface area contributed by atoms with E-state index < -0.39 is 11.6 Å². The van der Waals surface area contributed by atoms with Crippen LogP contribution in [0, 0.1) is 17.6 Å². The molecule has 1 aromatic rings. The first kappa shape index (κ1) is 14.8. The Bertz CT molecular complexity index is 421. The zero-order chi connectivity index (χ0) is 14.0. The Kier molecular flexibility index (Phi) is 4.85. The molecular formula is C15H21F2NS. The maximum atomic E-state index is 14.0. The van der Waals surface area contributed by atoms with Gasteiger partial charge >= 0.3 is 0 Å². The molecule has 1 unspecified atom stereocenters. The van der Waals surface area contributed by atoms with E-state index >= 15 is 0 Å². The van der Waals surface area contributed by atoms with Crippen molar-refractivity contribution in [3.05, 3.63) is 29.3 Å². The van der Waals surface area contributed by atoms with Crippen LogP contribution in [0.1, 0.15) is 39.2 Å². The van der Waals surface area contributed by atoms with Crippen LogP contribution in [0.25, 0.3) is 0 Å². The summed E-state index contributed by atoms with van der Waals surface area (Å²) >= 11 is 1.28. The summed E-state index contributed by atoms with van der Waals surface area (Å²) in [5, 5.41) is 3.46. The monoisotopic (exact) mass is 285 g/mol. The summed E-state index contributed by atoms with van der Waals surface area (Å²) in [7, 11) is 0. The summed E-state index contributed by atoms with van der Waals surface area (Å²) in [5.41, 5.74) is 0.684. The highest BCUT2D eigenvalue weighted by Gasteiger charge is 2.21. The number of nitrogens with one attached hydrogen (secondary N) is 1. The lowest BCUT2D eigenvalue weighted by molar-refractivity contribution is 0.531. The summed E-state index contributed by atoms with van der Waals surface area (Å²) in [5.74, 6) is -0.491. The molecule has 1 aliphatic carbocycles. The highest BCUT2D eigenvalue weighted by atomic mass is 32.2. The summed E-state index contributed by atoms with van der Waals surface area (Å²) in [6.45, 7) is 6.66. The van der Waals surface area contributed by atoms with Crippen LogP contribution < -0.4 is 5.32 Å². The number of hydrogen-bond acceptors (Lipinski definition) is 2. The largest absolute Gasteiger partial charge is 0.310 e. The van der Waals surface area contributed by atoms with Gasteiger partial charge in [0.25, 0.3) is 0 Å². The van der Waals surface area contributed by atoms with Crippen molar-refractivity contribution < 1.29 is 8.78 Å². The van der Waals surface area contributed by atoms with Gasteiger partial charge < -0.3 is 5.32 Å². The molecule has 0 heterocycles. The molecule has 0 aliphatic heterocycles. The van der Waals surface area contributed by atoms with Crippen LogP contribution in [0.2, 0.25) is 0 Å². The van der Waals surface area contributed by atoms with Gasteiger partial charge in [0, 0.05) is 17.8 Å². The maximum Gasteiger partial charge on any atom is 0.140 e. The first-order chi connectivity index (χ1) is 8.97. The van der Waals surface area contributed by atoms with E-state index in [0.29, 0.717) is 24.1 Å². The van der Waals surface area contributed by atoms with Crippen molar-refractivity contribution in [1.82, 2.24) is 5.32 Å². The zero-order valence-corrected chi connectivity index (χ0v) is 12.5. The predicted octanol–water partition coefficient (Wildman–Crippen LogP) is 4.35. The van der Waals surface area contributed by atoms with Gasteiger partial charge in [-0.25, -0.2) is 8.78 Å². The first-order valence-electron chi connectivity index (χ1n) is 6.85. The molecule has 106 valence electrons. The van der Waals surface area contributed by atoms with Crippen LogP contribution in [-0.2, 0) is 6.54 Å².